The molecule has 0 saturated carbocycles. The Bertz CT molecular complexity index is 837. The van der Waals surface area contributed by atoms with Crippen LogP contribution in [0.4, 0.5) is 17.2 Å². The topological polar surface area (TPSA) is 103 Å². The van der Waals surface area contributed by atoms with Crippen LogP contribution in [0.15, 0.2) is 42.6 Å². The number of quaternary nitrogens is 1. The number of nitrogens with one attached hydrogen (secondary N) is 3. The number of nitro groups is 1. The van der Waals surface area contributed by atoms with Gasteiger partial charge in [0.2, 0.25) is 0 Å². The number of hydrogen-bond acceptors (Lipinski definition) is 5. The SMILES string of the molecule is COc1ccc(NC(=O)[C@@H](C)[NH+]2CCN(c3cccc[nH+]3)CC2)c([N+](=O)[O-])c1. The molecule has 1 atom stereocenters. The maximum atomic E-state index is 12.7. The van der Waals surface area contributed by atoms with E-state index in [9.17, 15) is 14.9 Å². The molecule has 0 bridgehead atoms. The van der Waals surface area contributed by atoms with Crippen molar-refractivity contribution in [3.8, 4) is 5.75 Å². The van der Waals surface area contributed by atoms with Crippen LogP contribution in [0, 0.1) is 10.1 Å². The van der Waals surface area contributed by atoms with Gasteiger partial charge in [0.1, 0.15) is 37.6 Å². The Balaban J connectivity index is 1.62. The number of aromatic nitrogens is 1. The second kappa shape index (κ2) is 8.66. The molecule has 1 aliphatic heterocycles. The lowest BCUT2D eigenvalue weighted by molar-refractivity contribution is -0.914. The molecule has 1 aromatic heterocycles. The largest absolute Gasteiger partial charge is 0.496 e. The van der Waals surface area contributed by atoms with Gasteiger partial charge in [-0.2, -0.15) is 0 Å². The Labute approximate surface area is 163 Å². The van der Waals surface area contributed by atoms with Crippen LogP contribution < -0.4 is 24.8 Å². The fraction of sp³-hybridized carbons (Fsp3) is 0.368. The number of H-pyrrole nitrogens is 1. The number of methoxy groups -OCH3 is 1. The molecule has 0 unspecified atom stereocenters. The first kappa shape index (κ1) is 19.6. The van der Waals surface area contributed by atoms with E-state index in [1.165, 1.54) is 19.2 Å². The molecule has 2 heterocycles. The highest BCUT2D eigenvalue weighted by Gasteiger charge is 2.33. The number of carbonyl (C=O) groups excluding carboxylic acids is 1. The van der Waals surface area contributed by atoms with Crippen molar-refractivity contribution < 1.29 is 24.3 Å². The van der Waals surface area contributed by atoms with Gasteiger partial charge >= 0.3 is 0 Å². The summed E-state index contributed by atoms with van der Waals surface area (Å²) in [7, 11) is 1.44. The number of benzene rings is 1. The highest BCUT2D eigenvalue weighted by molar-refractivity contribution is 5.95. The van der Waals surface area contributed by atoms with Gasteiger partial charge in [-0.05, 0) is 25.1 Å². The van der Waals surface area contributed by atoms with Crippen molar-refractivity contribution in [2.24, 2.45) is 0 Å². The number of hydrogen-bond donors (Lipinski definition) is 2. The van der Waals surface area contributed by atoms with Gasteiger partial charge in [0.05, 0.1) is 24.3 Å². The lowest BCUT2D eigenvalue weighted by Gasteiger charge is -2.31. The Morgan fingerprint density at radius 3 is 2.68 bits per heavy atom. The summed E-state index contributed by atoms with van der Waals surface area (Å²) in [5.74, 6) is 1.20. The van der Waals surface area contributed by atoms with Gasteiger partial charge in [-0.3, -0.25) is 19.8 Å². The summed E-state index contributed by atoms with van der Waals surface area (Å²) in [6.07, 6.45) is 1.90. The molecule has 9 heteroatoms. The maximum absolute atomic E-state index is 12.7. The molecular formula is C19H25N5O4+2. The molecule has 3 rings (SSSR count). The molecule has 3 N–H and O–H groups in total. The standard InChI is InChI=1S/C19H23N5O4/c1-14(22-9-11-23(12-10-22)18-5-3-4-8-20-18)19(25)21-16-7-6-15(28-2)13-17(16)24(26)27/h3-8,13-14H,9-12H2,1-2H3,(H,21,25)/p+2/t14-/m1/s1. The van der Waals surface area contributed by atoms with Crippen LogP contribution in [-0.4, -0.2) is 50.2 Å². The summed E-state index contributed by atoms with van der Waals surface area (Å²) in [5, 5.41) is 14.0. The summed E-state index contributed by atoms with van der Waals surface area (Å²) >= 11 is 0. The van der Waals surface area contributed by atoms with Crippen molar-refractivity contribution in [2.45, 2.75) is 13.0 Å². The van der Waals surface area contributed by atoms with Crippen LogP contribution in [0.2, 0.25) is 0 Å². The van der Waals surface area contributed by atoms with Crippen LogP contribution in [0.25, 0.3) is 0 Å². The monoisotopic (exact) mass is 387 g/mol. The Morgan fingerprint density at radius 1 is 1.32 bits per heavy atom. The molecule has 0 spiro atoms. The van der Waals surface area contributed by atoms with Crippen molar-refractivity contribution in [3.63, 3.8) is 0 Å². The molecule has 1 fully saturated rings. The zero-order valence-corrected chi connectivity index (χ0v) is 16.0. The molecule has 1 amide bonds. The molecule has 0 radical (unpaired) electrons. The van der Waals surface area contributed by atoms with Crippen molar-refractivity contribution >= 4 is 23.1 Å². The zero-order valence-electron chi connectivity index (χ0n) is 16.0. The van der Waals surface area contributed by atoms with E-state index in [1.54, 1.807) is 6.07 Å². The average molecular weight is 387 g/mol. The van der Waals surface area contributed by atoms with Crippen LogP contribution in [-0.2, 0) is 4.79 Å². The molecule has 1 saturated heterocycles. The first-order chi connectivity index (χ1) is 13.5. The number of piperazine rings is 1. The third-order valence-electron chi connectivity index (χ3n) is 5.10. The van der Waals surface area contributed by atoms with Gasteiger partial charge in [-0.25, -0.2) is 4.98 Å². The number of pyridine rings is 1. The summed E-state index contributed by atoms with van der Waals surface area (Å²) in [5.41, 5.74) is -0.00101. The molecule has 9 nitrogen and oxygen atoms in total. The Morgan fingerprint density at radius 2 is 2.07 bits per heavy atom. The minimum absolute atomic E-state index is 0.180. The average Bonchev–Trinajstić information content (AvgIpc) is 2.74. The van der Waals surface area contributed by atoms with Crippen molar-refractivity contribution in [2.75, 3.05) is 43.5 Å². The maximum Gasteiger partial charge on any atom is 0.296 e. The number of nitrogens with zero attached hydrogens (tertiary/aromatic N) is 2. The van der Waals surface area contributed by atoms with Crippen LogP contribution in [0.1, 0.15) is 6.92 Å². The van der Waals surface area contributed by atoms with Gasteiger partial charge in [0.15, 0.2) is 6.04 Å². The van der Waals surface area contributed by atoms with Crippen LogP contribution in [0.3, 0.4) is 0 Å². The fourth-order valence-corrected chi connectivity index (χ4v) is 3.37. The first-order valence-electron chi connectivity index (χ1n) is 9.19. The third-order valence-corrected chi connectivity index (χ3v) is 5.10. The van der Waals surface area contributed by atoms with E-state index in [0.717, 1.165) is 36.9 Å². The van der Waals surface area contributed by atoms with E-state index in [4.69, 9.17) is 4.74 Å². The van der Waals surface area contributed by atoms with E-state index in [-0.39, 0.29) is 23.3 Å². The quantitative estimate of drug-likeness (QED) is 0.543. The Hall–Kier alpha value is -3.20. The summed E-state index contributed by atoms with van der Waals surface area (Å²) in [4.78, 5) is 30.1. The number of aromatic amines is 1. The number of carbonyl (C=O) groups is 1. The van der Waals surface area contributed by atoms with Gasteiger partial charge in [0, 0.05) is 6.07 Å². The second-order valence-corrected chi connectivity index (χ2v) is 6.74. The molecule has 0 aliphatic carbocycles. The van der Waals surface area contributed by atoms with E-state index in [2.05, 4.69) is 15.2 Å². The van der Waals surface area contributed by atoms with Gasteiger partial charge < -0.3 is 15.0 Å². The normalized spacial score (nSPS) is 15.7. The summed E-state index contributed by atoms with van der Waals surface area (Å²) in [6.45, 7) is 5.13. The number of rotatable bonds is 6. The smallest absolute Gasteiger partial charge is 0.296 e. The number of anilines is 2. The predicted octanol–water partition coefficient (Wildman–Crippen LogP) is 0.150. The third kappa shape index (κ3) is 4.37. The lowest BCUT2D eigenvalue weighted by Crippen LogP contribution is -3.19. The minimum Gasteiger partial charge on any atom is -0.496 e. The fourth-order valence-electron chi connectivity index (χ4n) is 3.37. The minimum atomic E-state index is -0.523. The molecule has 1 aliphatic rings. The number of ether oxygens (including phenoxy) is 1. The van der Waals surface area contributed by atoms with Crippen molar-refractivity contribution in [1.82, 2.24) is 0 Å². The zero-order chi connectivity index (χ0) is 20.1. The van der Waals surface area contributed by atoms with Gasteiger partial charge in [-0.15, -0.1) is 0 Å². The predicted molar refractivity (Wildman–Crippen MR) is 104 cm³/mol. The molecular weight excluding hydrogens is 362 g/mol. The van der Waals surface area contributed by atoms with E-state index < -0.39 is 4.92 Å². The van der Waals surface area contributed by atoms with E-state index in [0.29, 0.717) is 5.75 Å². The summed E-state index contributed by atoms with van der Waals surface area (Å²) < 4.78 is 5.03. The van der Waals surface area contributed by atoms with Crippen molar-refractivity contribution in [1.29, 1.82) is 0 Å². The first-order valence-corrected chi connectivity index (χ1v) is 9.19. The molecule has 1 aromatic carbocycles. The molecule has 148 valence electrons. The highest BCUT2D eigenvalue weighted by atomic mass is 16.6. The van der Waals surface area contributed by atoms with E-state index in [1.807, 2.05) is 31.3 Å². The van der Waals surface area contributed by atoms with E-state index >= 15 is 0 Å². The second-order valence-electron chi connectivity index (χ2n) is 6.74. The van der Waals surface area contributed by atoms with Crippen molar-refractivity contribution in [3.05, 3.63) is 52.7 Å². The van der Waals surface area contributed by atoms with Crippen LogP contribution in [0.5, 0.6) is 5.75 Å². The number of nitro benzene ring substituents is 1. The summed E-state index contributed by atoms with van der Waals surface area (Å²) in [6, 6.07) is 10.0. The van der Waals surface area contributed by atoms with Crippen LogP contribution >= 0.6 is 0 Å². The van der Waals surface area contributed by atoms with Gasteiger partial charge in [0.25, 0.3) is 17.4 Å². The number of amides is 1. The molecule has 28 heavy (non-hydrogen) atoms. The Kier molecular flexibility index (Phi) is 6.05. The molecule has 2 aromatic rings. The highest BCUT2D eigenvalue weighted by Crippen LogP contribution is 2.28. The lowest BCUT2D eigenvalue weighted by atomic mass is 10.2. The van der Waals surface area contributed by atoms with Gasteiger partial charge in [-0.1, -0.05) is 6.07 Å².